The minimum absolute atomic E-state index is 0.0274. The molecular weight excluding hydrogens is 673 g/mol. The summed E-state index contributed by atoms with van der Waals surface area (Å²) in [6.45, 7) is 1.52. The zero-order valence-corrected chi connectivity index (χ0v) is 27.2. The van der Waals surface area contributed by atoms with Gasteiger partial charge in [-0.25, -0.2) is 8.42 Å². The largest absolute Gasteiger partial charge is 0.355 e. The highest BCUT2D eigenvalue weighted by Gasteiger charge is 2.34. The Balaban J connectivity index is 1.81. The van der Waals surface area contributed by atoms with E-state index < -0.39 is 28.5 Å². The third-order valence-corrected chi connectivity index (χ3v) is 9.55. The first-order chi connectivity index (χ1) is 20.6. The second-order valence-electron chi connectivity index (χ2n) is 9.66. The molecule has 43 heavy (non-hydrogen) atoms. The zero-order valence-electron chi connectivity index (χ0n) is 23.3. The van der Waals surface area contributed by atoms with E-state index >= 15 is 0 Å². The highest BCUT2D eigenvalue weighted by atomic mass is 79.9. The minimum atomic E-state index is -4.18. The number of likely N-dealkylation sites (N-methyl/N-ethyl adjacent to an activating group) is 1. The number of benzene rings is 4. The number of nitrogens with one attached hydrogen (secondary N) is 1. The van der Waals surface area contributed by atoms with Crippen LogP contribution in [-0.2, 0) is 32.6 Å². The molecule has 0 unspecified atom stereocenters. The number of rotatable bonds is 12. The number of carbonyl (C=O) groups is 2. The zero-order chi connectivity index (χ0) is 31.0. The summed E-state index contributed by atoms with van der Waals surface area (Å²) in [6, 6.07) is 27.9. The van der Waals surface area contributed by atoms with Crippen LogP contribution in [0.3, 0.4) is 0 Å². The first-order valence-corrected chi connectivity index (χ1v) is 16.5. The van der Waals surface area contributed by atoms with E-state index in [0.29, 0.717) is 26.6 Å². The number of sulfonamides is 1. The highest BCUT2D eigenvalue weighted by molar-refractivity contribution is 9.10. The normalized spacial score (nSPS) is 11.9. The van der Waals surface area contributed by atoms with Gasteiger partial charge in [-0.05, 0) is 60.5 Å². The predicted molar refractivity (Wildman–Crippen MR) is 175 cm³/mol. The molecule has 2 amide bonds. The van der Waals surface area contributed by atoms with Crippen molar-refractivity contribution in [3.05, 3.63) is 129 Å². The van der Waals surface area contributed by atoms with Crippen LogP contribution < -0.4 is 9.62 Å². The van der Waals surface area contributed by atoms with E-state index in [0.717, 1.165) is 9.87 Å². The summed E-state index contributed by atoms with van der Waals surface area (Å²) in [4.78, 5) is 29.3. The molecular formula is C32H30BrCl2N3O4S. The fourth-order valence-corrected chi connectivity index (χ4v) is 6.84. The average molecular weight is 703 g/mol. The van der Waals surface area contributed by atoms with E-state index in [1.165, 1.54) is 17.0 Å². The van der Waals surface area contributed by atoms with E-state index in [1.54, 1.807) is 67.6 Å². The van der Waals surface area contributed by atoms with Crippen molar-refractivity contribution in [3.63, 3.8) is 0 Å². The molecule has 0 aliphatic rings. The maximum atomic E-state index is 14.4. The lowest BCUT2D eigenvalue weighted by atomic mass is 10.0. The second kappa shape index (κ2) is 14.9. The van der Waals surface area contributed by atoms with Crippen LogP contribution in [0, 0.1) is 0 Å². The first-order valence-electron chi connectivity index (χ1n) is 13.5. The Morgan fingerprint density at radius 2 is 1.56 bits per heavy atom. The van der Waals surface area contributed by atoms with Crippen molar-refractivity contribution in [3.8, 4) is 0 Å². The van der Waals surface area contributed by atoms with E-state index in [4.69, 9.17) is 23.2 Å². The van der Waals surface area contributed by atoms with E-state index in [1.807, 2.05) is 30.3 Å². The van der Waals surface area contributed by atoms with Crippen LogP contribution in [0.1, 0.15) is 18.1 Å². The van der Waals surface area contributed by atoms with Gasteiger partial charge in [0.25, 0.3) is 10.0 Å². The number of nitrogens with zero attached hydrogens (tertiary/aromatic N) is 2. The van der Waals surface area contributed by atoms with Gasteiger partial charge < -0.3 is 10.2 Å². The molecule has 0 aliphatic heterocycles. The summed E-state index contributed by atoms with van der Waals surface area (Å²) in [5, 5.41) is 3.58. The van der Waals surface area contributed by atoms with Gasteiger partial charge in [0.2, 0.25) is 11.8 Å². The number of amides is 2. The molecule has 1 N–H and O–H groups in total. The molecule has 0 bridgehead atoms. The van der Waals surface area contributed by atoms with Crippen molar-refractivity contribution in [2.75, 3.05) is 17.4 Å². The summed E-state index contributed by atoms with van der Waals surface area (Å²) < 4.78 is 29.6. The fourth-order valence-electron chi connectivity index (χ4n) is 4.56. The summed E-state index contributed by atoms with van der Waals surface area (Å²) >= 11 is 16.1. The van der Waals surface area contributed by atoms with Gasteiger partial charge in [0, 0.05) is 34.0 Å². The molecule has 4 rings (SSSR count). The fraction of sp³-hybridized carbons (Fsp3) is 0.188. The number of carbonyl (C=O) groups excluding carboxylic acids is 2. The second-order valence-corrected chi connectivity index (χ2v) is 13.3. The maximum Gasteiger partial charge on any atom is 0.264 e. The first kappa shape index (κ1) is 32.5. The number of hydrogen-bond donors (Lipinski definition) is 1. The Kier molecular flexibility index (Phi) is 11.3. The average Bonchev–Trinajstić information content (AvgIpc) is 2.99. The van der Waals surface area contributed by atoms with Crippen LogP contribution in [0.2, 0.25) is 10.0 Å². The van der Waals surface area contributed by atoms with Crippen LogP contribution in [0.15, 0.2) is 112 Å². The van der Waals surface area contributed by atoms with Crippen LogP contribution in [0.25, 0.3) is 0 Å². The van der Waals surface area contributed by atoms with Gasteiger partial charge in [0.1, 0.15) is 12.6 Å². The SMILES string of the molecule is CCNC(=O)[C@@H](Cc1ccccc1)N(Cc1ccc(Cl)cc1Cl)C(=O)CN(c1cccc(Br)c1)S(=O)(=O)c1ccccc1. The molecule has 0 aliphatic carbocycles. The van der Waals surface area contributed by atoms with Crippen molar-refractivity contribution in [1.29, 1.82) is 0 Å². The van der Waals surface area contributed by atoms with Gasteiger partial charge in [-0.2, -0.15) is 0 Å². The summed E-state index contributed by atoms with van der Waals surface area (Å²) in [7, 11) is -4.18. The van der Waals surface area contributed by atoms with Gasteiger partial charge in [0.15, 0.2) is 0 Å². The van der Waals surface area contributed by atoms with Crippen molar-refractivity contribution < 1.29 is 18.0 Å². The van der Waals surface area contributed by atoms with Crippen LogP contribution in [0.5, 0.6) is 0 Å². The summed E-state index contributed by atoms with van der Waals surface area (Å²) in [6.07, 6.45) is 0.200. The van der Waals surface area contributed by atoms with Gasteiger partial charge in [-0.1, -0.05) is 99.8 Å². The van der Waals surface area contributed by atoms with Gasteiger partial charge in [-0.3, -0.25) is 13.9 Å². The Hall–Kier alpha value is -3.37. The monoisotopic (exact) mass is 701 g/mol. The predicted octanol–water partition coefficient (Wildman–Crippen LogP) is 6.73. The molecule has 0 spiro atoms. The van der Waals surface area contributed by atoms with Crippen LogP contribution >= 0.6 is 39.1 Å². The van der Waals surface area contributed by atoms with Gasteiger partial charge >= 0.3 is 0 Å². The molecule has 0 fully saturated rings. The van der Waals surface area contributed by atoms with Crippen LogP contribution in [-0.4, -0.2) is 44.3 Å². The lowest BCUT2D eigenvalue weighted by molar-refractivity contribution is -0.140. The molecule has 1 atom stereocenters. The third-order valence-electron chi connectivity index (χ3n) is 6.68. The lowest BCUT2D eigenvalue weighted by Gasteiger charge is -2.34. The van der Waals surface area contributed by atoms with Gasteiger partial charge in [0.05, 0.1) is 10.6 Å². The van der Waals surface area contributed by atoms with Crippen molar-refractivity contribution in [2.45, 2.75) is 30.8 Å². The number of anilines is 1. The topological polar surface area (TPSA) is 86.8 Å². The van der Waals surface area contributed by atoms with Crippen molar-refractivity contribution >= 4 is 66.7 Å². The molecule has 0 radical (unpaired) electrons. The Morgan fingerprint density at radius 3 is 2.19 bits per heavy atom. The third kappa shape index (κ3) is 8.38. The number of halogens is 3. The molecule has 0 saturated carbocycles. The molecule has 4 aromatic rings. The van der Waals surface area contributed by atoms with E-state index in [2.05, 4.69) is 21.2 Å². The molecule has 0 aromatic heterocycles. The molecule has 11 heteroatoms. The molecule has 4 aromatic carbocycles. The molecule has 0 saturated heterocycles. The molecule has 224 valence electrons. The van der Waals surface area contributed by atoms with Gasteiger partial charge in [-0.15, -0.1) is 0 Å². The Morgan fingerprint density at radius 1 is 0.884 bits per heavy atom. The lowest BCUT2D eigenvalue weighted by Crippen LogP contribution is -2.53. The minimum Gasteiger partial charge on any atom is -0.355 e. The Labute approximate surface area is 270 Å². The molecule has 0 heterocycles. The summed E-state index contributed by atoms with van der Waals surface area (Å²) in [5.74, 6) is -0.956. The smallest absolute Gasteiger partial charge is 0.264 e. The number of hydrogen-bond acceptors (Lipinski definition) is 4. The summed E-state index contributed by atoms with van der Waals surface area (Å²) in [5.41, 5.74) is 1.68. The standard InChI is InChI=1S/C32H30BrCl2N3O4S/c1-2-36-32(40)30(18-23-10-5-3-6-11-23)37(21-24-16-17-26(34)20-29(24)35)31(39)22-38(27-13-9-12-25(33)19-27)43(41,42)28-14-7-4-8-15-28/h3-17,19-20,30H,2,18,21-22H2,1H3,(H,36,40)/t30-/m1/s1. The quantitative estimate of drug-likeness (QED) is 0.178. The molecule has 7 nitrogen and oxygen atoms in total. The van der Waals surface area contributed by atoms with Crippen molar-refractivity contribution in [2.24, 2.45) is 0 Å². The van der Waals surface area contributed by atoms with Crippen LogP contribution in [0.4, 0.5) is 5.69 Å². The highest BCUT2D eigenvalue weighted by Crippen LogP contribution is 2.28. The van der Waals surface area contributed by atoms with E-state index in [9.17, 15) is 18.0 Å². The maximum absolute atomic E-state index is 14.4. The van der Waals surface area contributed by atoms with Crippen molar-refractivity contribution in [1.82, 2.24) is 10.2 Å². The van der Waals surface area contributed by atoms with E-state index in [-0.39, 0.29) is 29.5 Å². The Bertz CT molecular complexity index is 1670.